The second kappa shape index (κ2) is 8.92. The zero-order chi connectivity index (χ0) is 13.4. The predicted molar refractivity (Wildman–Crippen MR) is 78.9 cm³/mol. The summed E-state index contributed by atoms with van der Waals surface area (Å²) in [7, 11) is 0. The Bertz CT molecular complexity index is 205. The molecule has 1 saturated carbocycles. The van der Waals surface area contributed by atoms with E-state index in [0.29, 0.717) is 12.2 Å². The third-order valence-corrected chi connectivity index (χ3v) is 4.08. The van der Waals surface area contributed by atoms with Gasteiger partial charge < -0.3 is 10.1 Å². The second-order valence-electron chi connectivity index (χ2n) is 6.28. The lowest BCUT2D eigenvalue weighted by Gasteiger charge is -2.31. The largest absolute Gasteiger partial charge is 0.374 e. The zero-order valence-corrected chi connectivity index (χ0v) is 12.9. The lowest BCUT2D eigenvalue weighted by atomic mass is 9.85. The van der Waals surface area contributed by atoms with Gasteiger partial charge in [-0.3, -0.25) is 0 Å². The van der Waals surface area contributed by atoms with E-state index in [1.54, 1.807) is 0 Å². The molecule has 0 aromatic rings. The minimum absolute atomic E-state index is 0.407. The molecular formula is C16H33NO. The summed E-state index contributed by atoms with van der Waals surface area (Å²) in [6, 6.07) is 0. The van der Waals surface area contributed by atoms with Gasteiger partial charge in [-0.15, -0.1) is 0 Å². The lowest BCUT2D eigenvalue weighted by Crippen LogP contribution is -2.35. The summed E-state index contributed by atoms with van der Waals surface area (Å²) in [6.45, 7) is 11.2. The summed E-state index contributed by atoms with van der Waals surface area (Å²) in [5.41, 5.74) is 0. The lowest BCUT2D eigenvalue weighted by molar-refractivity contribution is -0.0411. The Labute approximate surface area is 114 Å². The van der Waals surface area contributed by atoms with Gasteiger partial charge in [-0.2, -0.15) is 0 Å². The van der Waals surface area contributed by atoms with Crippen LogP contribution in [0.4, 0.5) is 0 Å². The first-order valence-electron chi connectivity index (χ1n) is 8.01. The Kier molecular flexibility index (Phi) is 7.92. The van der Waals surface area contributed by atoms with E-state index in [0.717, 1.165) is 31.3 Å². The van der Waals surface area contributed by atoms with Crippen molar-refractivity contribution in [3.8, 4) is 0 Å². The quantitative estimate of drug-likeness (QED) is 0.708. The molecule has 0 aromatic heterocycles. The van der Waals surface area contributed by atoms with E-state index in [2.05, 4.69) is 33.0 Å². The van der Waals surface area contributed by atoms with Crippen molar-refractivity contribution in [2.45, 2.75) is 78.4 Å². The molecule has 0 heterocycles. The van der Waals surface area contributed by atoms with Crippen LogP contribution in [0.25, 0.3) is 0 Å². The second-order valence-corrected chi connectivity index (χ2v) is 6.28. The molecule has 0 saturated heterocycles. The van der Waals surface area contributed by atoms with Crippen molar-refractivity contribution in [1.29, 1.82) is 0 Å². The van der Waals surface area contributed by atoms with E-state index in [4.69, 9.17) is 4.74 Å². The molecule has 3 unspecified atom stereocenters. The first kappa shape index (κ1) is 16.0. The molecule has 1 aliphatic rings. The average molecular weight is 255 g/mol. The molecule has 0 radical (unpaired) electrons. The van der Waals surface area contributed by atoms with Gasteiger partial charge in [0.05, 0.1) is 12.2 Å². The third-order valence-electron chi connectivity index (χ3n) is 4.08. The van der Waals surface area contributed by atoms with Gasteiger partial charge in [-0.25, -0.2) is 0 Å². The highest BCUT2D eigenvalue weighted by Crippen LogP contribution is 2.29. The van der Waals surface area contributed by atoms with Crippen LogP contribution in [-0.2, 0) is 4.74 Å². The summed E-state index contributed by atoms with van der Waals surface area (Å²) >= 11 is 0. The molecule has 0 aromatic carbocycles. The molecule has 1 N–H and O–H groups in total. The maximum Gasteiger partial charge on any atom is 0.0700 e. The molecule has 0 bridgehead atoms. The van der Waals surface area contributed by atoms with E-state index in [9.17, 15) is 0 Å². The van der Waals surface area contributed by atoms with Gasteiger partial charge >= 0.3 is 0 Å². The zero-order valence-electron chi connectivity index (χ0n) is 12.9. The Morgan fingerprint density at radius 3 is 2.56 bits per heavy atom. The van der Waals surface area contributed by atoms with Gasteiger partial charge in [-0.1, -0.05) is 47.0 Å². The minimum atomic E-state index is 0.407. The molecule has 2 heteroatoms. The van der Waals surface area contributed by atoms with Crippen LogP contribution in [0.15, 0.2) is 0 Å². The number of hydrogen-bond acceptors (Lipinski definition) is 2. The van der Waals surface area contributed by atoms with E-state index in [1.807, 2.05) is 0 Å². The Morgan fingerprint density at radius 1 is 1.17 bits per heavy atom. The molecule has 1 rings (SSSR count). The van der Waals surface area contributed by atoms with Gasteiger partial charge in [0.25, 0.3) is 0 Å². The first-order chi connectivity index (χ1) is 8.65. The highest BCUT2D eigenvalue weighted by molar-refractivity contribution is 4.74. The molecule has 2 nitrogen and oxygen atoms in total. The number of hydrogen-bond donors (Lipinski definition) is 1. The molecule has 0 spiro atoms. The summed E-state index contributed by atoms with van der Waals surface area (Å²) in [6.07, 6.45) is 8.71. The van der Waals surface area contributed by atoms with Crippen LogP contribution in [0.1, 0.15) is 66.2 Å². The Morgan fingerprint density at radius 2 is 1.94 bits per heavy atom. The fraction of sp³-hybridized carbons (Fsp3) is 1.00. The minimum Gasteiger partial charge on any atom is -0.374 e. The van der Waals surface area contributed by atoms with Crippen LogP contribution < -0.4 is 5.32 Å². The summed E-state index contributed by atoms with van der Waals surface area (Å²) in [4.78, 5) is 0. The molecule has 1 fully saturated rings. The van der Waals surface area contributed by atoms with Gasteiger partial charge in [0.1, 0.15) is 0 Å². The van der Waals surface area contributed by atoms with E-state index >= 15 is 0 Å². The summed E-state index contributed by atoms with van der Waals surface area (Å²) < 4.78 is 6.29. The molecule has 3 atom stereocenters. The average Bonchev–Trinajstić information content (AvgIpc) is 2.37. The van der Waals surface area contributed by atoms with Crippen LogP contribution in [0.3, 0.4) is 0 Å². The normalized spacial score (nSPS) is 26.5. The standard InChI is InChI=1S/C16H33NO/c1-5-14-8-7-9-16(10-14)18-15(6-2)12-17-11-13(3)4/h13-17H,5-12H2,1-4H3. The van der Waals surface area contributed by atoms with Crippen LogP contribution >= 0.6 is 0 Å². The van der Waals surface area contributed by atoms with Crippen molar-refractivity contribution in [2.75, 3.05) is 13.1 Å². The van der Waals surface area contributed by atoms with Gasteiger partial charge in [0.15, 0.2) is 0 Å². The number of ether oxygens (including phenoxy) is 1. The van der Waals surface area contributed by atoms with Gasteiger partial charge in [0.2, 0.25) is 0 Å². The highest BCUT2D eigenvalue weighted by Gasteiger charge is 2.23. The van der Waals surface area contributed by atoms with E-state index < -0.39 is 0 Å². The topological polar surface area (TPSA) is 21.3 Å². The first-order valence-corrected chi connectivity index (χ1v) is 8.01. The number of rotatable bonds is 8. The third kappa shape index (κ3) is 6.19. The monoisotopic (exact) mass is 255 g/mol. The Hall–Kier alpha value is -0.0800. The summed E-state index contributed by atoms with van der Waals surface area (Å²) in [5.74, 6) is 1.63. The fourth-order valence-electron chi connectivity index (χ4n) is 2.83. The number of nitrogens with one attached hydrogen (secondary N) is 1. The van der Waals surface area contributed by atoms with E-state index in [-0.39, 0.29) is 0 Å². The van der Waals surface area contributed by atoms with Crippen molar-refractivity contribution in [1.82, 2.24) is 5.32 Å². The van der Waals surface area contributed by atoms with Crippen LogP contribution in [0, 0.1) is 11.8 Å². The molecule has 108 valence electrons. The molecule has 18 heavy (non-hydrogen) atoms. The van der Waals surface area contributed by atoms with Crippen molar-refractivity contribution in [3.05, 3.63) is 0 Å². The summed E-state index contributed by atoms with van der Waals surface area (Å²) in [5, 5.41) is 3.53. The van der Waals surface area contributed by atoms with Crippen molar-refractivity contribution in [3.63, 3.8) is 0 Å². The Balaban J connectivity index is 2.24. The van der Waals surface area contributed by atoms with Crippen molar-refractivity contribution < 1.29 is 4.74 Å². The van der Waals surface area contributed by atoms with Crippen LogP contribution in [0.2, 0.25) is 0 Å². The van der Waals surface area contributed by atoms with Gasteiger partial charge in [0, 0.05) is 6.54 Å². The predicted octanol–water partition coefficient (Wildman–Crippen LogP) is 4.00. The highest BCUT2D eigenvalue weighted by atomic mass is 16.5. The van der Waals surface area contributed by atoms with Crippen LogP contribution in [-0.4, -0.2) is 25.3 Å². The van der Waals surface area contributed by atoms with Crippen molar-refractivity contribution in [2.24, 2.45) is 11.8 Å². The molecular weight excluding hydrogens is 222 g/mol. The fourth-order valence-corrected chi connectivity index (χ4v) is 2.83. The van der Waals surface area contributed by atoms with E-state index in [1.165, 1.54) is 32.1 Å². The van der Waals surface area contributed by atoms with Crippen LogP contribution in [0.5, 0.6) is 0 Å². The SMILES string of the molecule is CCC1CCCC(OC(CC)CNCC(C)C)C1. The maximum atomic E-state index is 6.29. The smallest absolute Gasteiger partial charge is 0.0700 e. The molecule has 0 amide bonds. The maximum absolute atomic E-state index is 6.29. The molecule has 0 aliphatic heterocycles. The molecule has 1 aliphatic carbocycles. The van der Waals surface area contributed by atoms with Crippen molar-refractivity contribution >= 4 is 0 Å². The van der Waals surface area contributed by atoms with Gasteiger partial charge in [-0.05, 0) is 37.6 Å².